The fourth-order valence-electron chi connectivity index (χ4n) is 1.63. The van der Waals surface area contributed by atoms with Crippen LogP contribution in [0.4, 0.5) is 17.2 Å². The van der Waals surface area contributed by atoms with Gasteiger partial charge in [0, 0.05) is 19.7 Å². The van der Waals surface area contributed by atoms with E-state index in [4.69, 9.17) is 11.3 Å². The summed E-state index contributed by atoms with van der Waals surface area (Å²) in [5.41, 5.74) is -0.0228. The Labute approximate surface area is 104 Å². The molecule has 2 rings (SSSR count). The van der Waals surface area contributed by atoms with Gasteiger partial charge in [0.1, 0.15) is 6.20 Å². The van der Waals surface area contributed by atoms with Crippen molar-refractivity contribution >= 4 is 17.2 Å². The SMILES string of the molecule is [C-]#[N+]c1cc([N+](=O)[O-])c(NCC2(OC)CC2)cn1. The van der Waals surface area contributed by atoms with Crippen LogP contribution in [-0.4, -0.2) is 29.2 Å². The van der Waals surface area contributed by atoms with E-state index >= 15 is 0 Å². The van der Waals surface area contributed by atoms with Gasteiger partial charge in [-0.05, 0) is 12.8 Å². The van der Waals surface area contributed by atoms with Gasteiger partial charge in [-0.2, -0.15) is 0 Å². The Balaban J connectivity index is 2.17. The summed E-state index contributed by atoms with van der Waals surface area (Å²) in [6, 6.07) is 1.17. The van der Waals surface area contributed by atoms with Gasteiger partial charge in [0.2, 0.25) is 0 Å². The average molecular weight is 248 g/mol. The highest BCUT2D eigenvalue weighted by atomic mass is 16.6. The molecule has 94 valence electrons. The van der Waals surface area contributed by atoms with E-state index in [2.05, 4.69) is 15.1 Å². The van der Waals surface area contributed by atoms with E-state index in [-0.39, 0.29) is 17.1 Å². The summed E-state index contributed by atoms with van der Waals surface area (Å²) in [5.74, 6) is 0.0140. The molecule has 1 heterocycles. The quantitative estimate of drug-likeness (QED) is 0.490. The molecule has 1 aliphatic rings. The molecule has 1 aliphatic carbocycles. The number of ether oxygens (including phenoxy) is 1. The maximum absolute atomic E-state index is 10.9. The number of rotatable bonds is 5. The molecule has 7 nitrogen and oxygen atoms in total. The lowest BCUT2D eigenvalue weighted by Gasteiger charge is -2.14. The van der Waals surface area contributed by atoms with Crippen LogP contribution in [0, 0.1) is 16.7 Å². The van der Waals surface area contributed by atoms with Gasteiger partial charge in [0.15, 0.2) is 5.69 Å². The Morgan fingerprint density at radius 1 is 1.72 bits per heavy atom. The van der Waals surface area contributed by atoms with Crippen LogP contribution in [0.5, 0.6) is 0 Å². The minimum Gasteiger partial charge on any atom is -0.376 e. The van der Waals surface area contributed by atoms with Crippen LogP contribution in [0.3, 0.4) is 0 Å². The number of pyridine rings is 1. The van der Waals surface area contributed by atoms with Crippen molar-refractivity contribution in [3.8, 4) is 0 Å². The Hall–Kier alpha value is -2.20. The highest BCUT2D eigenvalue weighted by Gasteiger charge is 2.43. The smallest absolute Gasteiger partial charge is 0.287 e. The van der Waals surface area contributed by atoms with E-state index in [9.17, 15) is 10.1 Å². The predicted octanol–water partition coefficient (Wildman–Crippen LogP) is 2.13. The molecule has 0 amide bonds. The largest absolute Gasteiger partial charge is 0.376 e. The third-order valence-electron chi connectivity index (χ3n) is 3.02. The van der Waals surface area contributed by atoms with Gasteiger partial charge < -0.3 is 14.9 Å². The minimum absolute atomic E-state index is 0.0140. The Bertz CT molecular complexity index is 520. The molecule has 7 heteroatoms. The summed E-state index contributed by atoms with van der Waals surface area (Å²) in [6.07, 6.45) is 3.20. The van der Waals surface area contributed by atoms with Crippen molar-refractivity contribution in [2.24, 2.45) is 0 Å². The molecule has 0 saturated heterocycles. The topological polar surface area (TPSA) is 81.7 Å². The number of nitro groups is 1. The number of hydrogen-bond donors (Lipinski definition) is 1. The zero-order valence-corrected chi connectivity index (χ0v) is 9.84. The number of anilines is 1. The van der Waals surface area contributed by atoms with E-state index in [0.29, 0.717) is 12.2 Å². The summed E-state index contributed by atoms with van der Waals surface area (Å²) in [5, 5.41) is 13.9. The molecule has 0 spiro atoms. The second-order valence-electron chi connectivity index (χ2n) is 4.17. The Morgan fingerprint density at radius 3 is 2.94 bits per heavy atom. The van der Waals surface area contributed by atoms with Gasteiger partial charge >= 0.3 is 0 Å². The third kappa shape index (κ3) is 2.38. The molecule has 0 atom stereocenters. The zero-order chi connectivity index (χ0) is 13.2. The van der Waals surface area contributed by atoms with Crippen molar-refractivity contribution in [3.05, 3.63) is 33.8 Å². The second-order valence-corrected chi connectivity index (χ2v) is 4.17. The first-order valence-corrected chi connectivity index (χ1v) is 5.41. The second kappa shape index (κ2) is 4.58. The summed E-state index contributed by atoms with van der Waals surface area (Å²) < 4.78 is 5.31. The van der Waals surface area contributed by atoms with Gasteiger partial charge in [0.05, 0.1) is 10.5 Å². The van der Waals surface area contributed by atoms with E-state index in [0.717, 1.165) is 12.8 Å². The van der Waals surface area contributed by atoms with Crippen molar-refractivity contribution in [1.29, 1.82) is 0 Å². The number of nitrogens with one attached hydrogen (secondary N) is 1. The molecular formula is C11H12N4O3. The molecule has 0 radical (unpaired) electrons. The minimum atomic E-state index is -0.523. The maximum atomic E-state index is 10.9. The molecule has 1 saturated carbocycles. The van der Waals surface area contributed by atoms with E-state index in [1.165, 1.54) is 12.3 Å². The molecule has 1 aromatic rings. The number of aromatic nitrogens is 1. The average Bonchev–Trinajstić information content (AvgIpc) is 3.16. The zero-order valence-electron chi connectivity index (χ0n) is 9.84. The summed E-state index contributed by atoms with van der Waals surface area (Å²) in [4.78, 5) is 17.3. The van der Waals surface area contributed by atoms with Crippen LogP contribution < -0.4 is 5.32 Å². The number of nitrogens with zero attached hydrogens (tertiary/aromatic N) is 3. The first-order valence-electron chi connectivity index (χ1n) is 5.41. The van der Waals surface area contributed by atoms with Crippen molar-refractivity contribution in [3.63, 3.8) is 0 Å². The lowest BCUT2D eigenvalue weighted by atomic mass is 10.3. The van der Waals surface area contributed by atoms with Crippen molar-refractivity contribution in [1.82, 2.24) is 4.98 Å². The van der Waals surface area contributed by atoms with Crippen LogP contribution in [0.25, 0.3) is 4.85 Å². The molecule has 0 unspecified atom stereocenters. The fourth-order valence-corrected chi connectivity index (χ4v) is 1.63. The van der Waals surface area contributed by atoms with Gasteiger partial charge in [-0.3, -0.25) is 10.1 Å². The highest BCUT2D eigenvalue weighted by molar-refractivity contribution is 5.64. The number of methoxy groups -OCH3 is 1. The van der Waals surface area contributed by atoms with Gasteiger partial charge in [0.25, 0.3) is 11.5 Å². The van der Waals surface area contributed by atoms with E-state index < -0.39 is 4.92 Å². The van der Waals surface area contributed by atoms with E-state index in [1.807, 2.05) is 0 Å². The maximum Gasteiger partial charge on any atom is 0.287 e. The highest BCUT2D eigenvalue weighted by Crippen LogP contribution is 2.39. The van der Waals surface area contributed by atoms with Gasteiger partial charge in [-0.15, -0.1) is 4.98 Å². The van der Waals surface area contributed by atoms with Crippen LogP contribution in [0.2, 0.25) is 0 Å². The Morgan fingerprint density at radius 2 is 2.44 bits per heavy atom. The molecule has 18 heavy (non-hydrogen) atoms. The fraction of sp³-hybridized carbons (Fsp3) is 0.455. The molecule has 1 aromatic heterocycles. The van der Waals surface area contributed by atoms with Crippen LogP contribution in [0.1, 0.15) is 12.8 Å². The lowest BCUT2D eigenvalue weighted by Crippen LogP contribution is -2.23. The third-order valence-corrected chi connectivity index (χ3v) is 3.02. The van der Waals surface area contributed by atoms with Crippen LogP contribution in [-0.2, 0) is 4.74 Å². The summed E-state index contributed by atoms with van der Waals surface area (Å²) in [6.45, 7) is 7.30. The first kappa shape index (κ1) is 12.3. The predicted molar refractivity (Wildman–Crippen MR) is 64.6 cm³/mol. The first-order chi connectivity index (χ1) is 8.60. The number of hydrogen-bond acceptors (Lipinski definition) is 5. The van der Waals surface area contributed by atoms with Gasteiger partial charge in [-0.1, -0.05) is 6.57 Å². The normalized spacial score (nSPS) is 15.8. The molecule has 0 aliphatic heterocycles. The Kier molecular flexibility index (Phi) is 3.12. The molecule has 0 aromatic carbocycles. The van der Waals surface area contributed by atoms with Crippen molar-refractivity contribution in [2.75, 3.05) is 19.0 Å². The van der Waals surface area contributed by atoms with Gasteiger partial charge in [-0.25, -0.2) is 0 Å². The van der Waals surface area contributed by atoms with Crippen molar-refractivity contribution < 1.29 is 9.66 Å². The standard InChI is InChI=1S/C11H12N4O3/c1-12-10-5-9(15(16)17)8(6-13-10)14-7-11(18-2)3-4-11/h5-6,14H,3-4,7H2,2H3. The molecule has 0 bridgehead atoms. The monoisotopic (exact) mass is 248 g/mol. The van der Waals surface area contributed by atoms with Crippen LogP contribution in [0.15, 0.2) is 12.3 Å². The lowest BCUT2D eigenvalue weighted by molar-refractivity contribution is -0.383. The van der Waals surface area contributed by atoms with Crippen LogP contribution >= 0.6 is 0 Å². The summed E-state index contributed by atoms with van der Waals surface area (Å²) >= 11 is 0. The molecule has 1 fully saturated rings. The van der Waals surface area contributed by atoms with E-state index in [1.54, 1.807) is 7.11 Å². The summed E-state index contributed by atoms with van der Waals surface area (Å²) in [7, 11) is 1.63. The molecule has 1 N–H and O–H groups in total. The van der Waals surface area contributed by atoms with Crippen molar-refractivity contribution in [2.45, 2.75) is 18.4 Å². The molecular weight excluding hydrogens is 236 g/mol.